The average molecular weight is 340 g/mol. The normalized spacial score (nSPS) is 16.3. The zero-order valence-electron chi connectivity index (χ0n) is 14.9. The van der Waals surface area contributed by atoms with E-state index in [9.17, 15) is 4.79 Å². The number of rotatable bonds is 4. The number of likely N-dealkylation sites (N-methyl/N-ethyl adjacent to an activating group) is 1. The van der Waals surface area contributed by atoms with Crippen LogP contribution in [0.5, 0.6) is 0 Å². The van der Waals surface area contributed by atoms with E-state index in [4.69, 9.17) is 5.10 Å². The summed E-state index contributed by atoms with van der Waals surface area (Å²) in [6.45, 7) is 1.47. The number of aromatic nitrogens is 5. The van der Waals surface area contributed by atoms with Gasteiger partial charge in [-0.05, 0) is 33.0 Å². The van der Waals surface area contributed by atoms with Gasteiger partial charge in [0.1, 0.15) is 0 Å². The summed E-state index contributed by atoms with van der Waals surface area (Å²) in [5.41, 5.74) is 0.758. The molecule has 3 heterocycles. The molecule has 3 aromatic heterocycles. The maximum Gasteiger partial charge on any atom is 0.261 e. The lowest BCUT2D eigenvalue weighted by Gasteiger charge is -2.17. The molecule has 1 aliphatic rings. The fourth-order valence-electron chi connectivity index (χ4n) is 3.59. The fraction of sp³-hybridized carbons (Fsp3) is 0.556. The van der Waals surface area contributed by atoms with Crippen LogP contribution in [0.4, 0.5) is 0 Å². The molecule has 1 saturated carbocycles. The summed E-state index contributed by atoms with van der Waals surface area (Å²) >= 11 is 0. The van der Waals surface area contributed by atoms with E-state index in [1.807, 2.05) is 26.4 Å². The Kier molecular flexibility index (Phi) is 4.25. The molecule has 1 fully saturated rings. The minimum atomic E-state index is -0.0246. The molecule has 25 heavy (non-hydrogen) atoms. The molecule has 0 amide bonds. The molecule has 3 aromatic rings. The van der Waals surface area contributed by atoms with Crippen molar-refractivity contribution in [3.05, 3.63) is 34.6 Å². The SMILES string of the molecule is CN(C)CCn1ccc2c(cnc3nc(C4CCCCC4)nn32)c1=O. The maximum absolute atomic E-state index is 12.7. The van der Waals surface area contributed by atoms with Crippen molar-refractivity contribution >= 4 is 16.7 Å². The lowest BCUT2D eigenvalue weighted by molar-refractivity contribution is 0.381. The van der Waals surface area contributed by atoms with Gasteiger partial charge in [-0.3, -0.25) is 4.79 Å². The number of hydrogen-bond donors (Lipinski definition) is 0. The molecule has 0 radical (unpaired) electrons. The van der Waals surface area contributed by atoms with Crippen molar-refractivity contribution < 1.29 is 0 Å². The van der Waals surface area contributed by atoms with Crippen molar-refractivity contribution in [1.29, 1.82) is 0 Å². The third kappa shape index (κ3) is 3.04. The van der Waals surface area contributed by atoms with Gasteiger partial charge in [0.15, 0.2) is 5.82 Å². The molecular formula is C18H24N6O. The molecule has 7 heteroatoms. The van der Waals surface area contributed by atoms with Crippen LogP contribution in [0.25, 0.3) is 16.7 Å². The molecule has 0 saturated heterocycles. The first kappa shape index (κ1) is 16.2. The van der Waals surface area contributed by atoms with Crippen molar-refractivity contribution in [2.75, 3.05) is 20.6 Å². The highest BCUT2D eigenvalue weighted by Crippen LogP contribution is 2.31. The van der Waals surface area contributed by atoms with E-state index >= 15 is 0 Å². The fourth-order valence-corrected chi connectivity index (χ4v) is 3.59. The number of nitrogens with zero attached hydrogens (tertiary/aromatic N) is 6. The molecule has 0 unspecified atom stereocenters. The van der Waals surface area contributed by atoms with E-state index in [1.165, 1.54) is 19.3 Å². The van der Waals surface area contributed by atoms with Crippen molar-refractivity contribution in [3.63, 3.8) is 0 Å². The smallest absolute Gasteiger partial charge is 0.261 e. The quantitative estimate of drug-likeness (QED) is 0.727. The summed E-state index contributed by atoms with van der Waals surface area (Å²) < 4.78 is 3.46. The highest BCUT2D eigenvalue weighted by atomic mass is 16.1. The maximum atomic E-state index is 12.7. The molecular weight excluding hydrogens is 316 g/mol. The lowest BCUT2D eigenvalue weighted by Crippen LogP contribution is -2.26. The van der Waals surface area contributed by atoms with Gasteiger partial charge in [0.25, 0.3) is 11.3 Å². The first-order valence-electron chi connectivity index (χ1n) is 9.03. The molecule has 0 N–H and O–H groups in total. The Morgan fingerprint density at radius 1 is 1.24 bits per heavy atom. The van der Waals surface area contributed by atoms with Crippen LogP contribution in [-0.2, 0) is 6.54 Å². The monoisotopic (exact) mass is 340 g/mol. The third-order valence-corrected chi connectivity index (χ3v) is 5.08. The van der Waals surface area contributed by atoms with E-state index in [2.05, 4.69) is 14.9 Å². The van der Waals surface area contributed by atoms with Crippen molar-refractivity contribution in [3.8, 4) is 0 Å². The van der Waals surface area contributed by atoms with Crippen molar-refractivity contribution in [2.24, 2.45) is 0 Å². The van der Waals surface area contributed by atoms with Crippen LogP contribution in [0.15, 0.2) is 23.3 Å². The highest BCUT2D eigenvalue weighted by molar-refractivity contribution is 5.78. The Morgan fingerprint density at radius 3 is 2.80 bits per heavy atom. The van der Waals surface area contributed by atoms with Gasteiger partial charge in [0.2, 0.25) is 0 Å². The molecule has 0 spiro atoms. The van der Waals surface area contributed by atoms with E-state index in [0.29, 0.717) is 23.6 Å². The third-order valence-electron chi connectivity index (χ3n) is 5.08. The van der Waals surface area contributed by atoms with E-state index < -0.39 is 0 Å². The van der Waals surface area contributed by atoms with Crippen LogP contribution in [0, 0.1) is 0 Å². The second-order valence-corrected chi connectivity index (χ2v) is 7.19. The van der Waals surface area contributed by atoms with Crippen LogP contribution in [0.2, 0.25) is 0 Å². The van der Waals surface area contributed by atoms with Gasteiger partial charge >= 0.3 is 0 Å². The van der Waals surface area contributed by atoms with Gasteiger partial charge < -0.3 is 9.47 Å². The summed E-state index contributed by atoms with van der Waals surface area (Å²) in [6.07, 6.45) is 9.56. The second kappa shape index (κ2) is 6.55. The molecule has 7 nitrogen and oxygen atoms in total. The molecule has 0 bridgehead atoms. The van der Waals surface area contributed by atoms with Gasteiger partial charge in [-0.25, -0.2) is 4.98 Å². The second-order valence-electron chi connectivity index (χ2n) is 7.19. The predicted octanol–water partition coefficient (Wildman–Crippen LogP) is 2.05. The van der Waals surface area contributed by atoms with E-state index in [0.717, 1.165) is 30.7 Å². The molecule has 1 aliphatic carbocycles. The number of hydrogen-bond acceptors (Lipinski definition) is 5. The van der Waals surface area contributed by atoms with Crippen LogP contribution in [0.3, 0.4) is 0 Å². The Labute approximate surface area is 146 Å². The summed E-state index contributed by atoms with van der Waals surface area (Å²) in [4.78, 5) is 23.8. The summed E-state index contributed by atoms with van der Waals surface area (Å²) in [5.74, 6) is 1.88. The van der Waals surface area contributed by atoms with Gasteiger partial charge in [-0.15, -0.1) is 5.10 Å². The number of pyridine rings is 1. The molecule has 0 atom stereocenters. The number of fused-ring (bicyclic) bond motifs is 3. The zero-order valence-corrected chi connectivity index (χ0v) is 14.9. The Balaban J connectivity index is 1.76. The molecule has 132 valence electrons. The minimum Gasteiger partial charge on any atom is -0.314 e. The molecule has 0 aromatic carbocycles. The van der Waals surface area contributed by atoms with Gasteiger partial charge in [-0.1, -0.05) is 19.3 Å². The summed E-state index contributed by atoms with van der Waals surface area (Å²) in [7, 11) is 4.00. The lowest BCUT2D eigenvalue weighted by atomic mass is 9.89. The predicted molar refractivity (Wildman–Crippen MR) is 96.9 cm³/mol. The highest BCUT2D eigenvalue weighted by Gasteiger charge is 2.21. The van der Waals surface area contributed by atoms with Gasteiger partial charge in [0.05, 0.1) is 10.9 Å². The van der Waals surface area contributed by atoms with Crippen molar-refractivity contribution in [2.45, 2.75) is 44.6 Å². The average Bonchev–Trinajstić information content (AvgIpc) is 3.06. The van der Waals surface area contributed by atoms with E-state index in [-0.39, 0.29) is 5.56 Å². The largest absolute Gasteiger partial charge is 0.314 e. The summed E-state index contributed by atoms with van der Waals surface area (Å²) in [6, 6.07) is 1.94. The standard InChI is InChI=1S/C18H24N6O/c1-22(2)10-11-23-9-8-15-14(17(23)25)12-19-18-20-16(21-24(15)18)13-6-4-3-5-7-13/h8-9,12-13H,3-7,10-11H2,1-2H3. The molecule has 0 aliphatic heterocycles. The van der Waals surface area contributed by atoms with Crippen LogP contribution >= 0.6 is 0 Å². The van der Waals surface area contributed by atoms with Crippen LogP contribution in [-0.4, -0.2) is 49.7 Å². The Morgan fingerprint density at radius 2 is 2.04 bits per heavy atom. The van der Waals surface area contributed by atoms with Crippen LogP contribution in [0.1, 0.15) is 43.8 Å². The van der Waals surface area contributed by atoms with Gasteiger partial charge in [-0.2, -0.15) is 9.50 Å². The van der Waals surface area contributed by atoms with Crippen molar-refractivity contribution in [1.82, 2.24) is 29.0 Å². The molecule has 4 rings (SSSR count). The summed E-state index contributed by atoms with van der Waals surface area (Å²) in [5, 5.41) is 5.29. The Hall–Kier alpha value is -2.28. The Bertz CT molecular complexity index is 951. The van der Waals surface area contributed by atoms with Gasteiger partial charge in [0, 0.05) is 31.4 Å². The van der Waals surface area contributed by atoms with E-state index in [1.54, 1.807) is 15.3 Å². The zero-order chi connectivity index (χ0) is 17.4. The first-order valence-corrected chi connectivity index (χ1v) is 9.03. The van der Waals surface area contributed by atoms with Crippen LogP contribution < -0.4 is 5.56 Å². The topological polar surface area (TPSA) is 68.3 Å². The minimum absolute atomic E-state index is 0.0246. The first-order chi connectivity index (χ1) is 12.1.